The smallest absolute Gasteiger partial charge is 0.334 e. The van der Waals surface area contributed by atoms with Gasteiger partial charge in [0.25, 0.3) is 0 Å². The molecule has 0 bridgehead atoms. The van der Waals surface area contributed by atoms with Gasteiger partial charge in [-0.3, -0.25) is 52.7 Å². The van der Waals surface area contributed by atoms with Crippen molar-refractivity contribution in [2.45, 2.75) is 267 Å². The van der Waals surface area contributed by atoms with Gasteiger partial charge in [0.05, 0.1) is 95.3 Å². The molecule has 2 fully saturated rings. The molecular formula is C84H135BrO27. The number of rotatable bonds is 24. The van der Waals surface area contributed by atoms with Crippen LogP contribution in [0.1, 0.15) is 217 Å². The lowest BCUT2D eigenvalue weighted by Gasteiger charge is -2.27. The molecule has 0 radical (unpaired) electrons. The summed E-state index contributed by atoms with van der Waals surface area (Å²) in [7, 11) is 6.55. The average Bonchev–Trinajstić information content (AvgIpc) is 1.54. The lowest BCUT2D eigenvalue weighted by molar-refractivity contribution is -0.169. The number of ether oxygens (including phenoxy) is 11. The van der Waals surface area contributed by atoms with Crippen LogP contribution in [0, 0.1) is 41.4 Å². The Morgan fingerprint density at radius 3 is 1.32 bits per heavy atom. The maximum absolute atomic E-state index is 12.2. The van der Waals surface area contributed by atoms with Crippen LogP contribution in [0.3, 0.4) is 0 Å². The van der Waals surface area contributed by atoms with Crippen LogP contribution < -0.4 is 0 Å². The Hall–Kier alpha value is -8.34. The predicted octanol–water partition coefficient (Wildman–Crippen LogP) is 14.3. The Balaban J connectivity index is -0.000000394. The van der Waals surface area contributed by atoms with Crippen LogP contribution in [0.15, 0.2) is 109 Å². The van der Waals surface area contributed by atoms with E-state index in [1.807, 2.05) is 89.2 Å². The molecule has 4 N–H and O–H groups in total. The summed E-state index contributed by atoms with van der Waals surface area (Å²) < 4.78 is 55.1. The van der Waals surface area contributed by atoms with E-state index in [2.05, 4.69) is 71.5 Å². The van der Waals surface area contributed by atoms with Crippen molar-refractivity contribution < 1.29 is 130 Å². The number of aliphatic carboxylic acids is 2. The highest BCUT2D eigenvalue weighted by Crippen LogP contribution is 2.57. The van der Waals surface area contributed by atoms with Crippen molar-refractivity contribution in [2.75, 3.05) is 42.2 Å². The van der Waals surface area contributed by atoms with E-state index in [0.29, 0.717) is 55.2 Å². The minimum Gasteiger partial charge on any atom is -0.481 e. The molecule has 27 nitrogen and oxygen atoms in total. The van der Waals surface area contributed by atoms with Gasteiger partial charge in [-0.15, -0.1) is 26.3 Å². The van der Waals surface area contributed by atoms with E-state index >= 15 is 0 Å². The zero-order valence-corrected chi connectivity index (χ0v) is 73.5. The zero-order chi connectivity index (χ0) is 89.1. The van der Waals surface area contributed by atoms with Gasteiger partial charge in [-0.1, -0.05) is 87.8 Å². The Bertz CT molecular complexity index is 3230. The summed E-state index contributed by atoms with van der Waals surface area (Å²) in [5, 5.41) is 34.0. The number of epoxide rings is 1. The van der Waals surface area contributed by atoms with Crippen LogP contribution in [-0.2, 0) is 110 Å². The number of hydrogen-bond donors (Lipinski definition) is 4. The predicted molar refractivity (Wildman–Crippen MR) is 431 cm³/mol. The summed E-state index contributed by atoms with van der Waals surface area (Å²) in [5.41, 5.74) is 1.42. The van der Waals surface area contributed by atoms with Crippen LogP contribution in [0.4, 0.5) is 0 Å². The summed E-state index contributed by atoms with van der Waals surface area (Å²) in [6.07, 6.45) is 10.3. The van der Waals surface area contributed by atoms with Gasteiger partial charge in [0.1, 0.15) is 44.4 Å². The van der Waals surface area contributed by atoms with Crippen molar-refractivity contribution in [3.05, 3.63) is 109 Å². The van der Waals surface area contributed by atoms with Crippen molar-refractivity contribution in [1.29, 1.82) is 0 Å². The third-order valence-corrected chi connectivity index (χ3v) is 16.3. The van der Waals surface area contributed by atoms with Gasteiger partial charge in [0.2, 0.25) is 0 Å². The molecule has 4 aliphatic rings. The third-order valence-electron chi connectivity index (χ3n) is 15.1. The van der Waals surface area contributed by atoms with Crippen LogP contribution in [0.5, 0.6) is 0 Å². The number of esters is 10. The molecule has 1 heterocycles. The van der Waals surface area contributed by atoms with Crippen molar-refractivity contribution >= 4 is 87.6 Å². The van der Waals surface area contributed by atoms with E-state index in [0.717, 1.165) is 23.1 Å². The number of allylic oxidation sites excluding steroid dienone is 4. The summed E-state index contributed by atoms with van der Waals surface area (Å²) in [4.78, 5) is 136. The standard InChI is InChI=1S/C15H24O4.2C13H20O5.C13H20O4.C9H16O2.C6H9BrO2.2C5H8O2.C5H10O/c1-8-9-11(13(16)19-15(4,5)6)12(10(2)3)14(17)18-7;1-12(2,3)18-10(14)7-6-8-13(4,17-8)9(7)11(15)16-5;1-7-9(14)6-8(10(7)12(16)17-5)11(15)18-13(2,3)4;1-8-6-7-9(10(8)12(15)16-5)11(14)17-13(2,3)4;1-5-6-7-8(10)11-9(2,3)4;1-4(2)5(7)6(8)9-3;1-4(2)3-5(6)7;1-2-3-4-5(6)7;1-5(2)3-4-6/h8,11-12H,1-2,9H2,3-7H3;7-9H,6H2,1-5H3;8-9,14H,6H2,1-5H3;6,9-10H,7H2,1-5H3;5H,1,6-7H2,2-4H3;5H,1H2,2-3H3;1,3H2,2H3,(H,6,7);2H,1,3-4H2,(H,6,7);6H,1,3-4H2,2H3/t;7?,8-,9?,13-;8?,9-;;;;;;/m.00....../s1. The second-order valence-electron chi connectivity index (χ2n) is 31.8. The SMILES string of the molecule is C=C(C)C(Br)C(=O)OC.C=C(C)CC(=O)O.C=C(C)CCO.C=CCC(C(=O)OC(C)(C)C)C(C(=C)C)C(=O)OC.C=CCCC(=O)O.C=CCCC(=O)OC(C)(C)C.COC(=O)C1=C(C)[C@@H](O)CC1C(=O)OC(C)(C)C.COC(=O)C1C(C(=O)OC(C)(C)C)C[C@@H]2O[C@]12C.COC(=O)C1C(C)=CCC1C(=O)OC(C)(C)C. The summed E-state index contributed by atoms with van der Waals surface area (Å²) in [5.74, 6) is -9.52. The number of methoxy groups -OCH3 is 5. The lowest BCUT2D eigenvalue weighted by atomic mass is 9.84. The largest absolute Gasteiger partial charge is 0.481 e. The second-order valence-corrected chi connectivity index (χ2v) is 32.7. The first kappa shape index (κ1) is 112. The number of fused-ring (bicyclic) bond motifs is 1. The van der Waals surface area contributed by atoms with E-state index in [-0.39, 0.29) is 77.8 Å². The zero-order valence-electron chi connectivity index (χ0n) is 71.9. The van der Waals surface area contributed by atoms with Crippen molar-refractivity contribution in [3.8, 4) is 0 Å². The minimum atomic E-state index is -0.812. The first-order valence-electron chi connectivity index (χ1n) is 36.3. The van der Waals surface area contributed by atoms with Gasteiger partial charge in [-0.25, -0.2) is 4.79 Å². The summed E-state index contributed by atoms with van der Waals surface area (Å²) in [6.45, 7) is 64.5. The number of hydrogen-bond acceptors (Lipinski definition) is 25. The summed E-state index contributed by atoms with van der Waals surface area (Å²) in [6, 6.07) is 0. The van der Waals surface area contributed by atoms with Gasteiger partial charge >= 0.3 is 71.6 Å². The highest BCUT2D eigenvalue weighted by molar-refractivity contribution is 9.10. The molecular weight excluding hydrogens is 1520 g/mol. The molecule has 8 unspecified atom stereocenters. The molecule has 4 rings (SSSR count). The Morgan fingerprint density at radius 2 is 1.00 bits per heavy atom. The monoisotopic (exact) mass is 1650 g/mol. The molecule has 0 aromatic heterocycles. The van der Waals surface area contributed by atoms with E-state index in [1.165, 1.54) is 35.5 Å². The van der Waals surface area contributed by atoms with E-state index in [4.69, 9.17) is 58.0 Å². The van der Waals surface area contributed by atoms with E-state index in [1.54, 1.807) is 87.5 Å². The normalized spacial score (nSPS) is 19.6. The molecule has 3 aliphatic carbocycles. The van der Waals surface area contributed by atoms with Crippen LogP contribution >= 0.6 is 15.9 Å². The molecule has 1 saturated carbocycles. The molecule has 0 aromatic rings. The third kappa shape index (κ3) is 49.2. The number of carboxylic acids is 2. The number of carbonyl (C=O) groups excluding carboxylic acids is 10. The van der Waals surface area contributed by atoms with Gasteiger partial charge in [0.15, 0.2) is 0 Å². The quantitative estimate of drug-likeness (QED) is 0.0229. The molecule has 1 aliphatic heterocycles. The highest BCUT2D eigenvalue weighted by Gasteiger charge is 2.70. The van der Waals surface area contributed by atoms with E-state index < -0.39 is 117 Å². The Morgan fingerprint density at radius 1 is 0.554 bits per heavy atom. The van der Waals surface area contributed by atoms with Gasteiger partial charge in [-0.2, -0.15) is 0 Å². The Labute approximate surface area is 674 Å². The van der Waals surface area contributed by atoms with Crippen molar-refractivity contribution in [3.63, 3.8) is 0 Å². The molecule has 11 atom stereocenters. The number of carbonyl (C=O) groups is 12. The molecule has 640 valence electrons. The number of alkyl halides is 1. The molecule has 112 heavy (non-hydrogen) atoms. The fourth-order valence-electron chi connectivity index (χ4n) is 10.0. The second kappa shape index (κ2) is 53.6. The topological polar surface area (TPSA) is 391 Å². The Kier molecular flexibility index (Phi) is 53.7. The van der Waals surface area contributed by atoms with Crippen molar-refractivity contribution in [2.24, 2.45) is 41.4 Å². The molecule has 0 amide bonds. The fraction of sp³-hybridized carbons (Fsp3) is 0.643. The number of aliphatic hydroxyl groups is 2. The average molecular weight is 1660 g/mol. The molecule has 1 saturated heterocycles. The minimum absolute atomic E-state index is 0.0286. The lowest BCUT2D eigenvalue weighted by Crippen LogP contribution is -2.39. The maximum Gasteiger partial charge on any atom is 0.334 e. The highest BCUT2D eigenvalue weighted by atomic mass is 79.9. The van der Waals surface area contributed by atoms with E-state index in [9.17, 15) is 62.6 Å². The number of aliphatic hydroxyl groups excluding tert-OH is 2. The van der Waals surface area contributed by atoms with Crippen molar-refractivity contribution in [1.82, 2.24) is 0 Å². The molecule has 28 heteroatoms. The van der Waals surface area contributed by atoms with Crippen LogP contribution in [0.2, 0.25) is 0 Å². The van der Waals surface area contributed by atoms with Gasteiger partial charge < -0.3 is 72.5 Å². The fourth-order valence-corrected chi connectivity index (χ4v) is 10.2. The molecule has 0 spiro atoms. The van der Waals surface area contributed by atoms with Crippen LogP contribution in [-0.4, -0.2) is 185 Å². The number of halogens is 1. The first-order chi connectivity index (χ1) is 51.0. The van der Waals surface area contributed by atoms with Gasteiger partial charge in [-0.05, 0) is 203 Å². The number of carboxylic acid groups (broad SMARTS) is 2. The molecule has 0 aromatic carbocycles. The summed E-state index contributed by atoms with van der Waals surface area (Å²) >= 11 is 3.09. The first-order valence-corrected chi connectivity index (χ1v) is 37.3. The van der Waals surface area contributed by atoms with Crippen LogP contribution in [0.25, 0.3) is 0 Å². The maximum atomic E-state index is 12.2. The van der Waals surface area contributed by atoms with Gasteiger partial charge in [0, 0.05) is 19.4 Å².